The number of hydrogen-bond acceptors (Lipinski definition) is 2. The second kappa shape index (κ2) is 5.90. The summed E-state index contributed by atoms with van der Waals surface area (Å²) in [5.74, 6) is 0. The van der Waals surface area contributed by atoms with E-state index >= 15 is 0 Å². The molecule has 1 aromatic rings. The van der Waals surface area contributed by atoms with Crippen LogP contribution in [-0.4, -0.2) is 19.3 Å². The summed E-state index contributed by atoms with van der Waals surface area (Å²) in [5, 5.41) is 0.428. The highest BCUT2D eigenvalue weighted by molar-refractivity contribution is 9.09. The van der Waals surface area contributed by atoms with Crippen molar-refractivity contribution in [2.75, 3.05) is 0 Å². The number of hydrogen-bond donors (Lipinski definition) is 1. The van der Waals surface area contributed by atoms with Gasteiger partial charge in [-0.15, -0.1) is 0 Å². The Hall–Kier alpha value is -0.100. The first kappa shape index (κ1) is 14.3. The van der Waals surface area contributed by atoms with Gasteiger partial charge in [-0.2, -0.15) is 0 Å². The fraction of sp³-hybridized carbons (Fsp3) is 0.500. The smallest absolute Gasteiger partial charge is 0.207 e. The Labute approximate surface area is 121 Å². The largest absolute Gasteiger partial charge is 0.240 e. The molecule has 0 aromatic heterocycles. The quantitative estimate of drug-likeness (QED) is 0.848. The number of benzene rings is 1. The van der Waals surface area contributed by atoms with Gasteiger partial charge in [-0.1, -0.05) is 46.4 Å². The van der Waals surface area contributed by atoms with Crippen LogP contribution in [0.4, 0.5) is 0 Å². The van der Waals surface area contributed by atoms with Crippen LogP contribution in [0.1, 0.15) is 25.7 Å². The summed E-state index contributed by atoms with van der Waals surface area (Å²) in [5.41, 5.74) is 0. The lowest BCUT2D eigenvalue weighted by molar-refractivity contribution is 0.427. The molecular weight excluding hydrogens is 338 g/mol. The van der Waals surface area contributed by atoms with Crippen LogP contribution in [0.15, 0.2) is 29.2 Å². The van der Waals surface area contributed by atoms with Crippen LogP contribution in [-0.2, 0) is 10.0 Å². The van der Waals surface area contributed by atoms with Crippen molar-refractivity contribution >= 4 is 37.6 Å². The van der Waals surface area contributed by atoms with E-state index in [0.29, 0.717) is 5.02 Å². The molecule has 1 fully saturated rings. The molecule has 0 bridgehead atoms. The Morgan fingerprint density at radius 1 is 1.28 bits per heavy atom. The lowest BCUT2D eigenvalue weighted by Crippen LogP contribution is -2.42. The van der Waals surface area contributed by atoms with E-state index < -0.39 is 10.0 Å². The van der Waals surface area contributed by atoms with Crippen LogP contribution in [0, 0.1) is 0 Å². The maximum absolute atomic E-state index is 12.2. The third-order valence-corrected chi connectivity index (χ3v) is 5.91. The lowest BCUT2D eigenvalue weighted by atomic mass is 9.96. The van der Waals surface area contributed by atoms with Crippen LogP contribution < -0.4 is 4.72 Å². The van der Waals surface area contributed by atoms with E-state index in [2.05, 4.69) is 20.7 Å². The molecule has 3 nitrogen and oxygen atoms in total. The molecule has 0 heterocycles. The highest BCUT2D eigenvalue weighted by atomic mass is 79.9. The molecule has 2 unspecified atom stereocenters. The molecule has 0 radical (unpaired) electrons. The van der Waals surface area contributed by atoms with Crippen molar-refractivity contribution < 1.29 is 8.42 Å². The molecule has 0 amide bonds. The molecule has 1 aliphatic carbocycles. The van der Waals surface area contributed by atoms with Gasteiger partial charge in [0, 0.05) is 15.9 Å². The Kier molecular flexibility index (Phi) is 4.69. The normalized spacial score (nSPS) is 25.0. The van der Waals surface area contributed by atoms with E-state index in [4.69, 9.17) is 11.6 Å². The highest BCUT2D eigenvalue weighted by Gasteiger charge is 2.27. The molecule has 2 atom stereocenters. The van der Waals surface area contributed by atoms with Gasteiger partial charge in [0.25, 0.3) is 0 Å². The number of alkyl halides is 1. The predicted molar refractivity (Wildman–Crippen MR) is 76.7 cm³/mol. The van der Waals surface area contributed by atoms with E-state index in [1.54, 1.807) is 18.2 Å². The van der Waals surface area contributed by atoms with Gasteiger partial charge in [0.1, 0.15) is 0 Å². The summed E-state index contributed by atoms with van der Waals surface area (Å²) in [6.07, 6.45) is 4.08. The number of rotatable bonds is 3. The van der Waals surface area contributed by atoms with Crippen LogP contribution in [0.25, 0.3) is 0 Å². The summed E-state index contributed by atoms with van der Waals surface area (Å²) in [6, 6.07) is 6.29. The lowest BCUT2D eigenvalue weighted by Gasteiger charge is -2.27. The molecule has 6 heteroatoms. The fourth-order valence-corrected chi connectivity index (χ4v) is 4.63. The molecule has 1 N–H and O–H groups in total. The molecule has 0 aliphatic heterocycles. The maximum Gasteiger partial charge on any atom is 0.240 e. The van der Waals surface area contributed by atoms with Crippen molar-refractivity contribution in [2.24, 2.45) is 0 Å². The molecule has 100 valence electrons. The first-order valence-electron chi connectivity index (χ1n) is 5.91. The van der Waals surface area contributed by atoms with E-state index in [9.17, 15) is 8.42 Å². The Morgan fingerprint density at radius 3 is 2.67 bits per heavy atom. The Bertz CT molecular complexity index is 521. The summed E-state index contributed by atoms with van der Waals surface area (Å²) in [4.78, 5) is 0.431. The van der Waals surface area contributed by atoms with Crippen molar-refractivity contribution in [3.8, 4) is 0 Å². The predicted octanol–water partition coefficient (Wildman–Crippen LogP) is 3.32. The van der Waals surface area contributed by atoms with Gasteiger partial charge in [0.2, 0.25) is 10.0 Å². The molecule has 2 rings (SSSR count). The molecule has 1 aliphatic rings. The average Bonchev–Trinajstić information content (AvgIpc) is 2.32. The third-order valence-electron chi connectivity index (χ3n) is 3.09. The zero-order valence-electron chi connectivity index (χ0n) is 9.77. The first-order chi connectivity index (χ1) is 8.49. The van der Waals surface area contributed by atoms with E-state index in [1.807, 2.05) is 0 Å². The minimum Gasteiger partial charge on any atom is -0.207 e. The second-order valence-corrected chi connectivity index (χ2v) is 7.81. The third kappa shape index (κ3) is 3.47. The summed E-state index contributed by atoms with van der Waals surface area (Å²) in [6.45, 7) is 0. The minimum atomic E-state index is -3.48. The number of sulfonamides is 1. The Balaban J connectivity index is 2.16. The zero-order chi connectivity index (χ0) is 13.2. The van der Waals surface area contributed by atoms with Gasteiger partial charge < -0.3 is 0 Å². The van der Waals surface area contributed by atoms with Crippen molar-refractivity contribution in [1.82, 2.24) is 4.72 Å². The minimum absolute atomic E-state index is 0.0391. The standard InChI is InChI=1S/C12H15BrClNO2S/c13-11-6-1-2-7-12(11)15-18(16,17)10-5-3-4-9(14)8-10/h3-5,8,11-12,15H,1-2,6-7H2. The SMILES string of the molecule is O=S(=O)(NC1CCCCC1Br)c1cccc(Cl)c1. The summed E-state index contributed by atoms with van der Waals surface area (Å²) in [7, 11) is -3.48. The second-order valence-electron chi connectivity index (χ2n) is 4.49. The average molecular weight is 353 g/mol. The molecular formula is C12H15BrClNO2S. The van der Waals surface area contributed by atoms with Gasteiger partial charge in [-0.25, -0.2) is 13.1 Å². The molecule has 1 aromatic carbocycles. The van der Waals surface area contributed by atoms with Crippen molar-refractivity contribution in [3.05, 3.63) is 29.3 Å². The highest BCUT2D eigenvalue weighted by Crippen LogP contribution is 2.26. The Morgan fingerprint density at radius 2 is 2.00 bits per heavy atom. The number of nitrogens with one attached hydrogen (secondary N) is 1. The van der Waals surface area contributed by atoms with Crippen LogP contribution in [0.3, 0.4) is 0 Å². The van der Waals surface area contributed by atoms with Gasteiger partial charge in [0.15, 0.2) is 0 Å². The van der Waals surface area contributed by atoms with E-state index in [0.717, 1.165) is 25.7 Å². The van der Waals surface area contributed by atoms with Gasteiger partial charge in [-0.05, 0) is 31.0 Å². The number of halogens is 2. The van der Waals surface area contributed by atoms with Gasteiger partial charge in [0.05, 0.1) is 4.90 Å². The van der Waals surface area contributed by atoms with E-state index in [1.165, 1.54) is 6.07 Å². The maximum atomic E-state index is 12.2. The van der Waals surface area contributed by atoms with Crippen LogP contribution in [0.5, 0.6) is 0 Å². The van der Waals surface area contributed by atoms with Crippen LogP contribution in [0.2, 0.25) is 5.02 Å². The van der Waals surface area contributed by atoms with Crippen molar-refractivity contribution in [2.45, 2.75) is 41.4 Å². The topological polar surface area (TPSA) is 46.2 Å². The zero-order valence-corrected chi connectivity index (χ0v) is 12.9. The van der Waals surface area contributed by atoms with E-state index in [-0.39, 0.29) is 15.8 Å². The van der Waals surface area contributed by atoms with Gasteiger partial charge >= 0.3 is 0 Å². The molecule has 0 saturated heterocycles. The fourth-order valence-electron chi connectivity index (χ4n) is 2.12. The van der Waals surface area contributed by atoms with Crippen molar-refractivity contribution in [3.63, 3.8) is 0 Å². The summed E-state index contributed by atoms with van der Waals surface area (Å²) < 4.78 is 27.2. The molecule has 0 spiro atoms. The first-order valence-corrected chi connectivity index (χ1v) is 8.69. The monoisotopic (exact) mass is 351 g/mol. The summed E-state index contributed by atoms with van der Waals surface area (Å²) >= 11 is 9.36. The van der Waals surface area contributed by atoms with Gasteiger partial charge in [-0.3, -0.25) is 0 Å². The molecule has 18 heavy (non-hydrogen) atoms. The van der Waals surface area contributed by atoms with Crippen molar-refractivity contribution in [1.29, 1.82) is 0 Å². The van der Waals surface area contributed by atoms with Crippen LogP contribution >= 0.6 is 27.5 Å². The molecule has 1 saturated carbocycles.